The van der Waals surface area contributed by atoms with E-state index in [9.17, 15) is 4.79 Å². The van der Waals surface area contributed by atoms with Crippen molar-refractivity contribution in [1.82, 2.24) is 19.6 Å². The van der Waals surface area contributed by atoms with E-state index in [1.165, 1.54) is 5.56 Å². The first-order chi connectivity index (χ1) is 13.6. The predicted molar refractivity (Wildman–Crippen MR) is 113 cm³/mol. The van der Waals surface area contributed by atoms with Crippen LogP contribution < -0.4 is 0 Å². The Labute approximate surface area is 174 Å². The van der Waals surface area contributed by atoms with Gasteiger partial charge in [-0.05, 0) is 29.8 Å². The third-order valence-corrected chi connectivity index (χ3v) is 5.80. The molecule has 28 heavy (non-hydrogen) atoms. The van der Waals surface area contributed by atoms with Crippen LogP contribution in [-0.4, -0.2) is 51.7 Å². The monoisotopic (exact) mass is 416 g/mol. The molecule has 0 saturated carbocycles. The number of aromatic nitrogens is 2. The lowest BCUT2D eigenvalue weighted by molar-refractivity contribution is -0.133. The molecule has 7 heteroatoms. The molecule has 1 saturated heterocycles. The molecule has 2 aromatic carbocycles. The highest BCUT2D eigenvalue weighted by Gasteiger charge is 2.21. The maximum absolute atomic E-state index is 12.6. The zero-order valence-corrected chi connectivity index (χ0v) is 17.0. The molecule has 1 aliphatic heterocycles. The van der Waals surface area contributed by atoms with E-state index in [1.54, 1.807) is 6.20 Å². The minimum Gasteiger partial charge on any atom is -0.340 e. The number of piperazine rings is 1. The largest absolute Gasteiger partial charge is 0.340 e. The molecule has 5 nitrogen and oxygen atoms in total. The molecule has 0 bridgehead atoms. The average molecular weight is 417 g/mol. The second kappa shape index (κ2) is 8.52. The Hall–Kier alpha value is -2.08. The fourth-order valence-electron chi connectivity index (χ4n) is 3.61. The van der Waals surface area contributed by atoms with Gasteiger partial charge in [0, 0.05) is 49.6 Å². The van der Waals surface area contributed by atoms with Gasteiger partial charge in [0.25, 0.3) is 0 Å². The molecule has 1 amide bonds. The Kier molecular flexibility index (Phi) is 5.85. The van der Waals surface area contributed by atoms with E-state index in [0.717, 1.165) is 48.6 Å². The van der Waals surface area contributed by atoms with Gasteiger partial charge in [0.1, 0.15) is 0 Å². The maximum Gasteiger partial charge on any atom is 0.224 e. The number of halogens is 2. The summed E-state index contributed by atoms with van der Waals surface area (Å²) >= 11 is 12.1. The molecule has 2 heterocycles. The fourth-order valence-corrected chi connectivity index (χ4v) is 3.95. The number of aryl methyl sites for hydroxylation is 1. The van der Waals surface area contributed by atoms with Gasteiger partial charge in [-0.2, -0.15) is 5.10 Å². The van der Waals surface area contributed by atoms with Crippen LogP contribution >= 0.6 is 23.2 Å². The van der Waals surface area contributed by atoms with Crippen molar-refractivity contribution in [3.63, 3.8) is 0 Å². The van der Waals surface area contributed by atoms with Crippen molar-refractivity contribution in [2.24, 2.45) is 0 Å². The van der Waals surface area contributed by atoms with E-state index in [1.807, 2.05) is 39.9 Å². The van der Waals surface area contributed by atoms with Crippen LogP contribution in [0, 0.1) is 0 Å². The molecule has 0 radical (unpaired) electrons. The van der Waals surface area contributed by atoms with Gasteiger partial charge in [-0.25, -0.2) is 0 Å². The van der Waals surface area contributed by atoms with Gasteiger partial charge in [-0.3, -0.25) is 14.4 Å². The number of hydrogen-bond acceptors (Lipinski definition) is 3. The van der Waals surface area contributed by atoms with E-state index in [0.29, 0.717) is 18.0 Å². The first-order valence-corrected chi connectivity index (χ1v) is 10.2. The highest BCUT2D eigenvalue weighted by atomic mass is 35.5. The van der Waals surface area contributed by atoms with Crippen molar-refractivity contribution in [3.05, 3.63) is 64.3 Å². The zero-order valence-electron chi connectivity index (χ0n) is 15.5. The summed E-state index contributed by atoms with van der Waals surface area (Å²) < 4.78 is 1.86. The molecule has 0 atom stereocenters. The second-order valence-corrected chi connectivity index (χ2v) is 7.92. The Balaban J connectivity index is 1.28. The highest BCUT2D eigenvalue weighted by Crippen LogP contribution is 2.23. The lowest BCUT2D eigenvalue weighted by Crippen LogP contribution is -2.48. The number of fused-ring (bicyclic) bond motifs is 1. The van der Waals surface area contributed by atoms with Crippen LogP contribution in [0.2, 0.25) is 10.0 Å². The van der Waals surface area contributed by atoms with Crippen molar-refractivity contribution in [2.75, 3.05) is 26.2 Å². The van der Waals surface area contributed by atoms with Crippen molar-refractivity contribution in [1.29, 1.82) is 0 Å². The van der Waals surface area contributed by atoms with E-state index in [-0.39, 0.29) is 5.91 Å². The number of carbonyl (C=O) groups is 1. The molecule has 0 spiro atoms. The van der Waals surface area contributed by atoms with E-state index < -0.39 is 0 Å². The molecular formula is C21H22Cl2N4O. The second-order valence-electron chi connectivity index (χ2n) is 7.07. The average Bonchev–Trinajstić information content (AvgIpc) is 3.13. The van der Waals surface area contributed by atoms with Crippen molar-refractivity contribution in [2.45, 2.75) is 19.5 Å². The summed E-state index contributed by atoms with van der Waals surface area (Å²) in [5.41, 5.74) is 2.21. The molecule has 1 aliphatic rings. The minimum atomic E-state index is 0.178. The SMILES string of the molecule is O=C(CCn1ncc2c(Cl)cccc21)N1CCN(Cc2ccc(Cl)cc2)CC1. The summed E-state index contributed by atoms with van der Waals surface area (Å²) in [6.07, 6.45) is 2.21. The summed E-state index contributed by atoms with van der Waals surface area (Å²) in [5.74, 6) is 0.178. The van der Waals surface area contributed by atoms with Gasteiger partial charge in [-0.1, -0.05) is 41.4 Å². The number of nitrogens with zero attached hydrogens (tertiary/aromatic N) is 4. The quantitative estimate of drug-likeness (QED) is 0.628. The zero-order chi connectivity index (χ0) is 19.5. The Bertz CT molecular complexity index is 962. The highest BCUT2D eigenvalue weighted by molar-refractivity contribution is 6.35. The van der Waals surface area contributed by atoms with Crippen molar-refractivity contribution < 1.29 is 4.79 Å². The van der Waals surface area contributed by atoms with Crippen LogP contribution in [0.5, 0.6) is 0 Å². The number of amides is 1. The van der Waals surface area contributed by atoms with Crippen molar-refractivity contribution >= 4 is 40.0 Å². The van der Waals surface area contributed by atoms with E-state index >= 15 is 0 Å². The number of carbonyl (C=O) groups excluding carboxylic acids is 1. The van der Waals surface area contributed by atoms with Crippen LogP contribution in [-0.2, 0) is 17.9 Å². The van der Waals surface area contributed by atoms with Gasteiger partial charge >= 0.3 is 0 Å². The molecule has 3 aromatic rings. The lowest BCUT2D eigenvalue weighted by atomic mass is 10.2. The molecule has 0 aliphatic carbocycles. The molecule has 4 rings (SSSR count). The van der Waals surface area contributed by atoms with Crippen LogP contribution in [0.25, 0.3) is 10.9 Å². The summed E-state index contributed by atoms with van der Waals surface area (Å²) in [6, 6.07) is 13.7. The molecule has 0 N–H and O–H groups in total. The van der Waals surface area contributed by atoms with E-state index in [4.69, 9.17) is 23.2 Å². The van der Waals surface area contributed by atoms with E-state index in [2.05, 4.69) is 22.1 Å². The summed E-state index contributed by atoms with van der Waals surface area (Å²) in [4.78, 5) is 17.0. The maximum atomic E-state index is 12.6. The summed E-state index contributed by atoms with van der Waals surface area (Å²) in [7, 11) is 0. The third kappa shape index (κ3) is 4.32. The van der Waals surface area contributed by atoms with Gasteiger partial charge in [-0.15, -0.1) is 0 Å². The molecular weight excluding hydrogens is 395 g/mol. The van der Waals surface area contributed by atoms with Gasteiger partial charge < -0.3 is 4.90 Å². The van der Waals surface area contributed by atoms with Gasteiger partial charge in [0.05, 0.1) is 23.3 Å². The molecule has 1 fully saturated rings. The van der Waals surface area contributed by atoms with Gasteiger partial charge in [0.15, 0.2) is 0 Å². The normalized spacial score (nSPS) is 15.3. The van der Waals surface area contributed by atoms with Gasteiger partial charge in [0.2, 0.25) is 5.91 Å². The topological polar surface area (TPSA) is 41.4 Å². The summed E-state index contributed by atoms with van der Waals surface area (Å²) in [6.45, 7) is 4.74. The molecule has 0 unspecified atom stereocenters. The smallest absolute Gasteiger partial charge is 0.224 e. The Morgan fingerprint density at radius 2 is 1.75 bits per heavy atom. The Morgan fingerprint density at radius 1 is 1.00 bits per heavy atom. The molecule has 146 valence electrons. The predicted octanol–water partition coefficient (Wildman–Crippen LogP) is 4.08. The number of rotatable bonds is 5. The molecule has 1 aromatic heterocycles. The number of hydrogen-bond donors (Lipinski definition) is 0. The standard InChI is InChI=1S/C21H22Cl2N4O/c22-17-6-4-16(5-7-17)15-25-10-12-26(13-11-25)21(28)8-9-27-20-3-1-2-19(23)18(20)14-24-27/h1-7,14H,8-13,15H2. The summed E-state index contributed by atoms with van der Waals surface area (Å²) in [5, 5.41) is 6.75. The van der Waals surface area contributed by atoms with Crippen LogP contribution in [0.1, 0.15) is 12.0 Å². The fraction of sp³-hybridized carbons (Fsp3) is 0.333. The third-order valence-electron chi connectivity index (χ3n) is 5.22. The minimum absolute atomic E-state index is 0.178. The first-order valence-electron chi connectivity index (χ1n) is 9.45. The van der Waals surface area contributed by atoms with Crippen LogP contribution in [0.3, 0.4) is 0 Å². The lowest BCUT2D eigenvalue weighted by Gasteiger charge is -2.34. The van der Waals surface area contributed by atoms with Crippen molar-refractivity contribution in [3.8, 4) is 0 Å². The Morgan fingerprint density at radius 3 is 2.50 bits per heavy atom. The number of benzene rings is 2. The van der Waals surface area contributed by atoms with Crippen LogP contribution in [0.15, 0.2) is 48.7 Å². The first kappa shape index (κ1) is 19.2. The van der Waals surface area contributed by atoms with Crippen LogP contribution in [0.4, 0.5) is 0 Å².